The fraction of sp³-hybridized carbons (Fsp3) is 0.316. The third kappa shape index (κ3) is 4.58. The van der Waals surface area contributed by atoms with E-state index in [0.29, 0.717) is 12.1 Å². The summed E-state index contributed by atoms with van der Waals surface area (Å²) in [5.74, 6) is -1.05. The van der Waals surface area contributed by atoms with Gasteiger partial charge in [-0.15, -0.1) is 0 Å². The average molecular weight is 402 g/mol. The number of carbonyl (C=O) groups excluding carboxylic acids is 1. The molecule has 28 heavy (non-hydrogen) atoms. The molecule has 0 unspecified atom stereocenters. The molecule has 1 aliphatic heterocycles. The standard InChI is InChI=1S/C19H16F6N2O/c20-18(21,22)13-9-12(10-14(11-13)19(23,24)25)17(28)26-15-3-5-16(6-4-15)27-7-1-2-8-27/h3-6,9-11H,1-2,7-8H2,(H,26,28). The Labute approximate surface area is 157 Å². The zero-order valence-corrected chi connectivity index (χ0v) is 14.5. The second-order valence-corrected chi connectivity index (χ2v) is 6.49. The van der Waals surface area contributed by atoms with Gasteiger partial charge in [0.15, 0.2) is 0 Å². The molecule has 1 fully saturated rings. The molecule has 1 N–H and O–H groups in total. The lowest BCUT2D eigenvalue weighted by Crippen LogP contribution is -2.18. The van der Waals surface area contributed by atoms with E-state index in [1.54, 1.807) is 24.3 Å². The maximum atomic E-state index is 12.9. The molecule has 1 amide bonds. The SMILES string of the molecule is O=C(Nc1ccc(N2CCCC2)cc1)c1cc(C(F)(F)F)cc(C(F)(F)F)c1. The van der Waals surface area contributed by atoms with Gasteiger partial charge in [-0.25, -0.2) is 0 Å². The van der Waals surface area contributed by atoms with E-state index in [1.165, 1.54) is 0 Å². The number of hydrogen-bond acceptors (Lipinski definition) is 2. The van der Waals surface area contributed by atoms with Crippen molar-refractivity contribution in [3.05, 3.63) is 59.2 Å². The van der Waals surface area contributed by atoms with Gasteiger partial charge in [0.05, 0.1) is 11.1 Å². The average Bonchev–Trinajstić information content (AvgIpc) is 3.15. The number of nitrogens with one attached hydrogen (secondary N) is 1. The van der Waals surface area contributed by atoms with Crippen LogP contribution in [0.1, 0.15) is 34.3 Å². The summed E-state index contributed by atoms with van der Waals surface area (Å²) in [6.07, 6.45) is -7.85. The third-order valence-electron chi connectivity index (χ3n) is 4.45. The number of hydrogen-bond donors (Lipinski definition) is 1. The molecule has 0 bridgehead atoms. The van der Waals surface area contributed by atoms with Crippen molar-refractivity contribution < 1.29 is 31.1 Å². The van der Waals surface area contributed by atoms with Crippen LogP contribution in [0.15, 0.2) is 42.5 Å². The van der Waals surface area contributed by atoms with E-state index < -0.39 is 35.0 Å². The monoisotopic (exact) mass is 402 g/mol. The van der Waals surface area contributed by atoms with Crippen molar-refractivity contribution in [2.45, 2.75) is 25.2 Å². The molecule has 9 heteroatoms. The Morgan fingerprint density at radius 3 is 1.79 bits per heavy atom. The van der Waals surface area contributed by atoms with Gasteiger partial charge in [-0.05, 0) is 55.3 Å². The van der Waals surface area contributed by atoms with E-state index in [1.807, 2.05) is 0 Å². The highest BCUT2D eigenvalue weighted by molar-refractivity contribution is 6.04. The van der Waals surface area contributed by atoms with Gasteiger partial charge in [0.25, 0.3) is 5.91 Å². The molecule has 0 saturated carbocycles. The number of halogens is 6. The molecule has 1 saturated heterocycles. The van der Waals surface area contributed by atoms with Crippen molar-refractivity contribution in [3.63, 3.8) is 0 Å². The first-order valence-corrected chi connectivity index (χ1v) is 8.50. The van der Waals surface area contributed by atoms with Crippen molar-refractivity contribution in [2.75, 3.05) is 23.3 Å². The van der Waals surface area contributed by atoms with E-state index in [-0.39, 0.29) is 11.8 Å². The Kier molecular flexibility index (Phi) is 5.27. The van der Waals surface area contributed by atoms with Gasteiger partial charge in [-0.3, -0.25) is 4.79 Å². The lowest BCUT2D eigenvalue weighted by Gasteiger charge is -2.18. The molecular formula is C19H16F6N2O. The summed E-state index contributed by atoms with van der Waals surface area (Å²) in [6.45, 7) is 1.83. The van der Waals surface area contributed by atoms with Crippen LogP contribution in [0, 0.1) is 0 Å². The van der Waals surface area contributed by atoms with E-state index in [4.69, 9.17) is 0 Å². The van der Waals surface area contributed by atoms with Crippen LogP contribution in [0.25, 0.3) is 0 Å². The van der Waals surface area contributed by atoms with Gasteiger partial charge >= 0.3 is 12.4 Å². The van der Waals surface area contributed by atoms with Crippen molar-refractivity contribution in [3.8, 4) is 0 Å². The minimum Gasteiger partial charge on any atom is -0.372 e. The Bertz CT molecular complexity index is 820. The van der Waals surface area contributed by atoms with Crippen molar-refractivity contribution in [1.29, 1.82) is 0 Å². The number of alkyl halides is 6. The zero-order valence-electron chi connectivity index (χ0n) is 14.5. The second kappa shape index (κ2) is 7.37. The summed E-state index contributed by atoms with van der Waals surface area (Å²) in [4.78, 5) is 14.4. The highest BCUT2D eigenvalue weighted by Crippen LogP contribution is 2.36. The minimum absolute atomic E-state index is 0.0123. The van der Waals surface area contributed by atoms with Crippen LogP contribution < -0.4 is 10.2 Å². The smallest absolute Gasteiger partial charge is 0.372 e. The highest BCUT2D eigenvalue weighted by atomic mass is 19.4. The maximum absolute atomic E-state index is 12.9. The zero-order chi connectivity index (χ0) is 20.5. The van der Waals surface area contributed by atoms with Crippen LogP contribution in [0.3, 0.4) is 0 Å². The predicted molar refractivity (Wildman–Crippen MR) is 92.3 cm³/mol. The normalized spacial score (nSPS) is 15.0. The highest BCUT2D eigenvalue weighted by Gasteiger charge is 2.37. The van der Waals surface area contributed by atoms with E-state index in [9.17, 15) is 31.1 Å². The molecule has 3 rings (SSSR count). The Hall–Kier alpha value is -2.71. The van der Waals surface area contributed by atoms with Crippen LogP contribution in [0.4, 0.5) is 37.7 Å². The number of benzene rings is 2. The number of rotatable bonds is 3. The predicted octanol–water partition coefficient (Wildman–Crippen LogP) is 5.58. The van der Waals surface area contributed by atoms with Gasteiger partial charge in [0.2, 0.25) is 0 Å². The Morgan fingerprint density at radius 2 is 1.32 bits per heavy atom. The first-order valence-electron chi connectivity index (χ1n) is 8.50. The first-order chi connectivity index (χ1) is 13.0. The number of anilines is 2. The molecule has 2 aromatic carbocycles. The molecular weight excluding hydrogens is 386 g/mol. The van der Waals surface area contributed by atoms with E-state index in [2.05, 4.69) is 10.2 Å². The lowest BCUT2D eigenvalue weighted by atomic mass is 10.0. The summed E-state index contributed by atoms with van der Waals surface area (Å²) in [7, 11) is 0. The fourth-order valence-electron chi connectivity index (χ4n) is 3.02. The minimum atomic E-state index is -5.01. The number of carbonyl (C=O) groups is 1. The van der Waals surface area contributed by atoms with E-state index >= 15 is 0 Å². The van der Waals surface area contributed by atoms with Crippen molar-refractivity contribution in [1.82, 2.24) is 0 Å². The topological polar surface area (TPSA) is 32.3 Å². The Balaban J connectivity index is 1.83. The van der Waals surface area contributed by atoms with E-state index in [0.717, 1.165) is 31.6 Å². The molecule has 1 aliphatic rings. The third-order valence-corrected chi connectivity index (χ3v) is 4.45. The Morgan fingerprint density at radius 1 is 0.821 bits per heavy atom. The largest absolute Gasteiger partial charge is 0.416 e. The van der Waals surface area contributed by atoms with Gasteiger partial charge in [-0.2, -0.15) is 26.3 Å². The summed E-state index contributed by atoms with van der Waals surface area (Å²) < 4.78 is 77.5. The molecule has 2 aromatic rings. The molecule has 1 heterocycles. The quantitative estimate of drug-likeness (QED) is 0.680. The van der Waals surface area contributed by atoms with Crippen LogP contribution in [-0.2, 0) is 12.4 Å². The van der Waals surface area contributed by atoms with Gasteiger partial charge in [0.1, 0.15) is 0 Å². The lowest BCUT2D eigenvalue weighted by molar-refractivity contribution is -0.143. The summed E-state index contributed by atoms with van der Waals surface area (Å²) in [5.41, 5.74) is -2.56. The molecule has 150 valence electrons. The number of amides is 1. The second-order valence-electron chi connectivity index (χ2n) is 6.49. The molecule has 0 atom stereocenters. The van der Waals surface area contributed by atoms with Gasteiger partial charge in [0, 0.05) is 30.0 Å². The first kappa shape index (κ1) is 20.0. The fourth-order valence-corrected chi connectivity index (χ4v) is 3.02. The van der Waals surface area contributed by atoms with Gasteiger partial charge < -0.3 is 10.2 Å². The number of nitrogens with zero attached hydrogens (tertiary/aromatic N) is 1. The maximum Gasteiger partial charge on any atom is 0.416 e. The van der Waals surface area contributed by atoms with Crippen LogP contribution >= 0.6 is 0 Å². The molecule has 0 radical (unpaired) electrons. The van der Waals surface area contributed by atoms with Crippen molar-refractivity contribution in [2.24, 2.45) is 0 Å². The summed E-state index contributed by atoms with van der Waals surface area (Å²) >= 11 is 0. The van der Waals surface area contributed by atoms with Crippen molar-refractivity contribution >= 4 is 17.3 Å². The molecule has 0 aliphatic carbocycles. The van der Waals surface area contributed by atoms with Crippen LogP contribution in [0.5, 0.6) is 0 Å². The van der Waals surface area contributed by atoms with Crippen LogP contribution in [0.2, 0.25) is 0 Å². The summed E-state index contributed by atoms with van der Waals surface area (Å²) in [5, 5.41) is 2.34. The van der Waals surface area contributed by atoms with Crippen LogP contribution in [-0.4, -0.2) is 19.0 Å². The van der Waals surface area contributed by atoms with Gasteiger partial charge in [-0.1, -0.05) is 0 Å². The molecule has 0 spiro atoms. The summed E-state index contributed by atoms with van der Waals surface area (Å²) in [6, 6.07) is 7.41. The molecule has 0 aromatic heterocycles. The molecule has 3 nitrogen and oxygen atoms in total.